The summed E-state index contributed by atoms with van der Waals surface area (Å²) in [6, 6.07) is 9.54. The Morgan fingerprint density at radius 1 is 1.21 bits per heavy atom. The van der Waals surface area contributed by atoms with Gasteiger partial charge in [0.1, 0.15) is 11.6 Å². The van der Waals surface area contributed by atoms with Crippen molar-refractivity contribution in [1.29, 1.82) is 5.26 Å². The molecule has 1 amide bonds. The fourth-order valence-corrected chi connectivity index (χ4v) is 2.99. The van der Waals surface area contributed by atoms with Crippen molar-refractivity contribution >= 4 is 62.8 Å². The van der Waals surface area contributed by atoms with Crippen LogP contribution in [0.3, 0.4) is 0 Å². The normalized spacial score (nSPS) is 10.8. The molecule has 0 spiro atoms. The molecule has 2 aromatic rings. The molecular formula is C19H13BrCl2N2O4. The molecule has 0 aliphatic rings. The van der Waals surface area contributed by atoms with Crippen LogP contribution in [-0.4, -0.2) is 19.0 Å². The van der Waals surface area contributed by atoms with E-state index in [-0.39, 0.29) is 22.1 Å². The number of hydrogen-bond donors (Lipinski definition) is 1. The van der Waals surface area contributed by atoms with Gasteiger partial charge in [0.2, 0.25) is 0 Å². The highest BCUT2D eigenvalue weighted by Gasteiger charge is 2.15. The van der Waals surface area contributed by atoms with Gasteiger partial charge in [-0.05, 0) is 57.9 Å². The van der Waals surface area contributed by atoms with Gasteiger partial charge in [-0.15, -0.1) is 0 Å². The van der Waals surface area contributed by atoms with E-state index in [1.165, 1.54) is 38.3 Å². The largest absolute Gasteiger partial charge is 0.493 e. The van der Waals surface area contributed by atoms with Crippen LogP contribution in [-0.2, 0) is 9.59 Å². The highest BCUT2D eigenvalue weighted by Crippen LogP contribution is 2.37. The molecule has 0 atom stereocenters. The van der Waals surface area contributed by atoms with Gasteiger partial charge in [0.25, 0.3) is 5.91 Å². The molecule has 0 saturated carbocycles. The van der Waals surface area contributed by atoms with E-state index in [2.05, 4.69) is 21.2 Å². The molecule has 0 bridgehead atoms. The van der Waals surface area contributed by atoms with E-state index in [4.69, 9.17) is 32.7 Å². The Morgan fingerprint density at radius 3 is 2.50 bits per heavy atom. The maximum Gasteiger partial charge on any atom is 0.308 e. The summed E-state index contributed by atoms with van der Waals surface area (Å²) >= 11 is 15.1. The number of carbonyl (C=O) groups excluding carboxylic acids is 2. The number of hydrogen-bond acceptors (Lipinski definition) is 5. The van der Waals surface area contributed by atoms with Gasteiger partial charge in [0.15, 0.2) is 11.5 Å². The molecule has 2 rings (SSSR count). The summed E-state index contributed by atoms with van der Waals surface area (Å²) in [6.45, 7) is 1.26. The number of amides is 1. The predicted octanol–water partition coefficient (Wildman–Crippen LogP) is 5.24. The molecule has 6 nitrogen and oxygen atoms in total. The van der Waals surface area contributed by atoms with Crippen molar-refractivity contribution in [2.24, 2.45) is 0 Å². The van der Waals surface area contributed by atoms with Crippen molar-refractivity contribution in [3.63, 3.8) is 0 Å². The van der Waals surface area contributed by atoms with Crippen LogP contribution in [0.5, 0.6) is 11.5 Å². The maximum atomic E-state index is 12.4. The Bertz CT molecular complexity index is 1020. The van der Waals surface area contributed by atoms with E-state index in [1.807, 2.05) is 6.07 Å². The maximum absolute atomic E-state index is 12.4. The summed E-state index contributed by atoms with van der Waals surface area (Å²) in [4.78, 5) is 23.6. The summed E-state index contributed by atoms with van der Waals surface area (Å²) in [5, 5.41) is 12.6. The smallest absolute Gasteiger partial charge is 0.308 e. The fraction of sp³-hybridized carbons (Fsp3) is 0.105. The van der Waals surface area contributed by atoms with Crippen molar-refractivity contribution in [2.45, 2.75) is 6.92 Å². The van der Waals surface area contributed by atoms with Crippen molar-refractivity contribution in [2.75, 3.05) is 12.4 Å². The summed E-state index contributed by atoms with van der Waals surface area (Å²) in [7, 11) is 1.41. The summed E-state index contributed by atoms with van der Waals surface area (Å²) in [6.07, 6.45) is 1.37. The predicted molar refractivity (Wildman–Crippen MR) is 111 cm³/mol. The van der Waals surface area contributed by atoms with E-state index in [0.717, 1.165) is 0 Å². The van der Waals surface area contributed by atoms with E-state index in [1.54, 1.807) is 12.1 Å². The molecule has 144 valence electrons. The first-order valence-electron chi connectivity index (χ1n) is 7.69. The topological polar surface area (TPSA) is 88.4 Å². The standard InChI is InChI=1S/C19H13BrCl2N2O4/c1-10(25)28-18-14(20)6-11(7-17(18)27-2)5-12(9-23)19(26)24-13-3-4-15(21)16(22)8-13/h3-8H,1-2H3,(H,24,26)/b12-5-. The minimum atomic E-state index is -0.625. The lowest BCUT2D eigenvalue weighted by molar-refractivity contribution is -0.132. The lowest BCUT2D eigenvalue weighted by Crippen LogP contribution is -2.13. The molecule has 28 heavy (non-hydrogen) atoms. The second-order valence-corrected chi connectivity index (χ2v) is 7.05. The molecule has 2 aromatic carbocycles. The van der Waals surface area contributed by atoms with Crippen LogP contribution < -0.4 is 14.8 Å². The van der Waals surface area contributed by atoms with Crippen molar-refractivity contribution in [1.82, 2.24) is 0 Å². The van der Waals surface area contributed by atoms with Gasteiger partial charge in [0, 0.05) is 12.6 Å². The van der Waals surface area contributed by atoms with Gasteiger partial charge in [-0.3, -0.25) is 9.59 Å². The number of carbonyl (C=O) groups is 2. The quantitative estimate of drug-likeness (QED) is 0.272. The summed E-state index contributed by atoms with van der Waals surface area (Å²) < 4.78 is 10.7. The minimum Gasteiger partial charge on any atom is -0.493 e. The molecule has 0 heterocycles. The number of benzene rings is 2. The number of halogens is 3. The molecule has 0 fully saturated rings. The summed E-state index contributed by atoms with van der Waals surface area (Å²) in [5.74, 6) is -0.676. The van der Waals surface area contributed by atoms with E-state index in [0.29, 0.717) is 20.7 Å². The third kappa shape index (κ3) is 5.49. The van der Waals surface area contributed by atoms with Crippen LogP contribution in [0.25, 0.3) is 6.08 Å². The first-order chi connectivity index (χ1) is 13.2. The number of nitrogens with zero attached hydrogens (tertiary/aromatic N) is 1. The average molecular weight is 484 g/mol. The second-order valence-electron chi connectivity index (χ2n) is 5.38. The van der Waals surface area contributed by atoms with Crippen LogP contribution in [0.4, 0.5) is 5.69 Å². The Kier molecular flexibility index (Phi) is 7.46. The molecule has 0 aliphatic heterocycles. The Hall–Kier alpha value is -2.53. The Balaban J connectivity index is 2.33. The van der Waals surface area contributed by atoms with Crippen molar-refractivity contribution in [3.05, 3.63) is 56.0 Å². The molecular weight excluding hydrogens is 471 g/mol. The Labute approximate surface area is 179 Å². The fourth-order valence-electron chi connectivity index (χ4n) is 2.15. The highest BCUT2D eigenvalue weighted by molar-refractivity contribution is 9.10. The number of esters is 1. The van der Waals surface area contributed by atoms with Gasteiger partial charge in [-0.2, -0.15) is 5.26 Å². The molecule has 0 aromatic heterocycles. The zero-order chi connectivity index (χ0) is 20.8. The van der Waals surface area contributed by atoms with Gasteiger partial charge in [0.05, 0.1) is 21.6 Å². The minimum absolute atomic E-state index is 0.153. The third-order valence-corrected chi connectivity index (χ3v) is 4.68. The first-order valence-corrected chi connectivity index (χ1v) is 9.24. The molecule has 0 unspecified atom stereocenters. The van der Waals surface area contributed by atoms with Crippen LogP contribution in [0.1, 0.15) is 12.5 Å². The van der Waals surface area contributed by atoms with E-state index in [9.17, 15) is 14.9 Å². The monoisotopic (exact) mass is 482 g/mol. The summed E-state index contributed by atoms with van der Waals surface area (Å²) in [5.41, 5.74) is 0.727. The number of nitriles is 1. The number of anilines is 1. The lowest BCUT2D eigenvalue weighted by atomic mass is 10.1. The Morgan fingerprint density at radius 2 is 1.93 bits per heavy atom. The van der Waals surface area contributed by atoms with Gasteiger partial charge < -0.3 is 14.8 Å². The second kappa shape index (κ2) is 9.60. The molecule has 9 heteroatoms. The number of ether oxygens (including phenoxy) is 2. The number of methoxy groups -OCH3 is 1. The zero-order valence-corrected chi connectivity index (χ0v) is 17.8. The van der Waals surface area contributed by atoms with Crippen LogP contribution in [0, 0.1) is 11.3 Å². The van der Waals surface area contributed by atoms with Gasteiger partial charge in [-0.25, -0.2) is 0 Å². The van der Waals surface area contributed by atoms with Crippen molar-refractivity contribution in [3.8, 4) is 17.6 Å². The average Bonchev–Trinajstić information content (AvgIpc) is 2.64. The third-order valence-electron chi connectivity index (χ3n) is 3.35. The van der Waals surface area contributed by atoms with Crippen LogP contribution in [0.15, 0.2) is 40.4 Å². The van der Waals surface area contributed by atoms with E-state index < -0.39 is 11.9 Å². The van der Waals surface area contributed by atoms with Gasteiger partial charge >= 0.3 is 5.97 Å². The number of rotatable bonds is 5. The van der Waals surface area contributed by atoms with Gasteiger partial charge in [-0.1, -0.05) is 23.2 Å². The molecule has 0 saturated heterocycles. The van der Waals surface area contributed by atoms with E-state index >= 15 is 0 Å². The SMILES string of the molecule is COc1cc(/C=C(/C#N)C(=O)Nc2ccc(Cl)c(Cl)c2)cc(Br)c1OC(C)=O. The molecule has 0 radical (unpaired) electrons. The highest BCUT2D eigenvalue weighted by atomic mass is 79.9. The first kappa shape index (κ1) is 21.8. The van der Waals surface area contributed by atoms with Crippen molar-refractivity contribution < 1.29 is 19.1 Å². The number of nitrogens with one attached hydrogen (secondary N) is 1. The molecule has 0 aliphatic carbocycles. The van der Waals surface area contributed by atoms with Crippen LogP contribution >= 0.6 is 39.1 Å². The lowest BCUT2D eigenvalue weighted by Gasteiger charge is -2.11. The molecule has 1 N–H and O–H groups in total. The van der Waals surface area contributed by atoms with Crippen LogP contribution in [0.2, 0.25) is 10.0 Å². The zero-order valence-electron chi connectivity index (χ0n) is 14.7.